The number of nitrogens with zero attached hydrogens (tertiary/aromatic N) is 4. The molecule has 5 nitrogen and oxygen atoms in total. The van der Waals surface area contributed by atoms with Crippen LogP contribution in [0.4, 0.5) is 0 Å². The van der Waals surface area contributed by atoms with Crippen molar-refractivity contribution in [2.45, 2.75) is 25.5 Å². The topological polar surface area (TPSA) is 66.1 Å². The zero-order chi connectivity index (χ0) is 14.8. The van der Waals surface area contributed by atoms with E-state index in [4.69, 9.17) is 11.6 Å². The Bertz CT molecular complexity index is 604. The molecule has 20 heavy (non-hydrogen) atoms. The molecule has 0 spiro atoms. The summed E-state index contributed by atoms with van der Waals surface area (Å²) < 4.78 is 17.0. The molecule has 1 aromatic heterocycles. The molecular formula is C13H15ClN4OS. The monoisotopic (exact) mass is 310 g/mol. The summed E-state index contributed by atoms with van der Waals surface area (Å²) in [6, 6.07) is 7.23. The van der Waals surface area contributed by atoms with Crippen LogP contribution in [0.2, 0.25) is 5.02 Å². The second-order valence-corrected chi connectivity index (χ2v) is 7.49. The minimum atomic E-state index is -1.31. The van der Waals surface area contributed by atoms with E-state index in [0.717, 1.165) is 5.69 Å². The van der Waals surface area contributed by atoms with E-state index < -0.39 is 16.1 Å². The quantitative estimate of drug-likeness (QED) is 0.646. The van der Waals surface area contributed by atoms with Crippen LogP contribution in [0.5, 0.6) is 0 Å². The Morgan fingerprint density at radius 2 is 1.95 bits per heavy atom. The van der Waals surface area contributed by atoms with Crippen molar-refractivity contribution in [1.29, 1.82) is 0 Å². The van der Waals surface area contributed by atoms with Gasteiger partial charge in [-0.15, -0.1) is 5.10 Å². The lowest BCUT2D eigenvalue weighted by Gasteiger charge is -2.17. The largest absolute Gasteiger partial charge is 0.591 e. The highest BCUT2D eigenvalue weighted by Gasteiger charge is 2.25. The summed E-state index contributed by atoms with van der Waals surface area (Å²) in [4.78, 5) is 4.10. The predicted molar refractivity (Wildman–Crippen MR) is 81.9 cm³/mol. The summed E-state index contributed by atoms with van der Waals surface area (Å²) in [7, 11) is 0. The predicted octanol–water partition coefficient (Wildman–Crippen LogP) is 2.80. The highest BCUT2D eigenvalue weighted by molar-refractivity contribution is 7.91. The average molecular weight is 311 g/mol. The van der Waals surface area contributed by atoms with E-state index >= 15 is 0 Å². The van der Waals surface area contributed by atoms with E-state index in [2.05, 4.69) is 14.5 Å². The fourth-order valence-corrected chi connectivity index (χ4v) is 1.94. The van der Waals surface area contributed by atoms with Crippen molar-refractivity contribution in [2.24, 2.45) is 4.40 Å². The Labute approximate surface area is 126 Å². The molecule has 0 unspecified atom stereocenters. The van der Waals surface area contributed by atoms with E-state index in [0.29, 0.717) is 10.8 Å². The molecule has 0 aliphatic rings. The van der Waals surface area contributed by atoms with Gasteiger partial charge in [-0.25, -0.2) is 9.67 Å². The van der Waals surface area contributed by atoms with Crippen molar-refractivity contribution in [1.82, 2.24) is 14.8 Å². The van der Waals surface area contributed by atoms with Gasteiger partial charge in [0.1, 0.15) is 28.7 Å². The summed E-state index contributed by atoms with van der Waals surface area (Å²) in [5.74, 6) is 0.414. The molecular weight excluding hydrogens is 296 g/mol. The number of hydrogen-bond donors (Lipinski definition) is 0. The maximum atomic E-state index is 11.8. The van der Waals surface area contributed by atoms with E-state index in [1.165, 1.54) is 6.21 Å². The van der Waals surface area contributed by atoms with Crippen LogP contribution < -0.4 is 0 Å². The Morgan fingerprint density at radius 3 is 2.55 bits per heavy atom. The van der Waals surface area contributed by atoms with Crippen molar-refractivity contribution in [2.75, 3.05) is 0 Å². The summed E-state index contributed by atoms with van der Waals surface area (Å²) >= 11 is 4.52. The fourth-order valence-electron chi connectivity index (χ4n) is 1.31. The maximum Gasteiger partial charge on any atom is 0.197 e. The van der Waals surface area contributed by atoms with Crippen LogP contribution in [0.15, 0.2) is 35.0 Å². The molecule has 106 valence electrons. The third kappa shape index (κ3) is 3.82. The molecule has 2 rings (SSSR count). The van der Waals surface area contributed by atoms with Crippen LogP contribution in [-0.2, 0) is 11.4 Å². The number of rotatable bonds is 3. The van der Waals surface area contributed by atoms with Crippen LogP contribution in [-0.4, -0.2) is 30.3 Å². The Morgan fingerprint density at radius 1 is 1.30 bits per heavy atom. The third-order valence-electron chi connectivity index (χ3n) is 2.39. The molecule has 0 N–H and O–H groups in total. The lowest BCUT2D eigenvalue weighted by atomic mass is 10.3. The molecule has 7 heteroatoms. The number of halogens is 1. The van der Waals surface area contributed by atoms with E-state index in [1.807, 2.05) is 32.9 Å². The first-order valence-electron chi connectivity index (χ1n) is 6.00. The van der Waals surface area contributed by atoms with Gasteiger partial charge in [-0.2, -0.15) is 0 Å². The molecule has 2 aromatic rings. The first-order chi connectivity index (χ1) is 9.36. The first-order valence-corrected chi connectivity index (χ1v) is 7.48. The van der Waals surface area contributed by atoms with Gasteiger partial charge in [0.05, 0.1) is 5.69 Å². The van der Waals surface area contributed by atoms with Crippen molar-refractivity contribution >= 4 is 29.2 Å². The van der Waals surface area contributed by atoms with Crippen LogP contribution in [0.3, 0.4) is 0 Å². The SMILES string of the molecule is CC(C)(C)[S@+]([O-])/N=C/c1ncn(-c2ccc(Cl)cc2)n1. The maximum absolute atomic E-state index is 11.8. The van der Waals surface area contributed by atoms with Gasteiger partial charge in [-0.1, -0.05) is 16.0 Å². The molecule has 0 saturated heterocycles. The van der Waals surface area contributed by atoms with Crippen molar-refractivity contribution in [3.8, 4) is 5.69 Å². The first kappa shape index (κ1) is 15.0. The summed E-state index contributed by atoms with van der Waals surface area (Å²) in [6.07, 6.45) is 3.00. The third-order valence-corrected chi connectivity index (χ3v) is 3.99. The van der Waals surface area contributed by atoms with Crippen molar-refractivity contribution in [3.05, 3.63) is 41.4 Å². The van der Waals surface area contributed by atoms with Gasteiger partial charge in [0.25, 0.3) is 0 Å². The van der Waals surface area contributed by atoms with E-state index in [9.17, 15) is 4.55 Å². The molecule has 0 amide bonds. The zero-order valence-electron chi connectivity index (χ0n) is 11.4. The number of benzene rings is 1. The number of hydrogen-bond acceptors (Lipinski definition) is 4. The molecule has 0 radical (unpaired) electrons. The van der Waals surface area contributed by atoms with Crippen LogP contribution >= 0.6 is 11.6 Å². The molecule has 0 aliphatic carbocycles. The van der Waals surface area contributed by atoms with E-state index in [-0.39, 0.29) is 0 Å². The minimum absolute atomic E-state index is 0.394. The number of aromatic nitrogens is 3. The zero-order valence-corrected chi connectivity index (χ0v) is 13.0. The average Bonchev–Trinajstić information content (AvgIpc) is 2.84. The van der Waals surface area contributed by atoms with Gasteiger partial charge >= 0.3 is 0 Å². The van der Waals surface area contributed by atoms with Crippen LogP contribution in [0.1, 0.15) is 26.6 Å². The summed E-state index contributed by atoms with van der Waals surface area (Å²) in [5, 5.41) is 4.91. The smallest absolute Gasteiger partial charge is 0.197 e. The van der Waals surface area contributed by atoms with Gasteiger partial charge in [-0.3, -0.25) is 0 Å². The van der Waals surface area contributed by atoms with Gasteiger partial charge in [0.15, 0.2) is 5.82 Å². The molecule has 0 saturated carbocycles. The molecule has 0 aliphatic heterocycles. The molecule has 1 atom stereocenters. The van der Waals surface area contributed by atoms with E-state index in [1.54, 1.807) is 23.1 Å². The van der Waals surface area contributed by atoms with Gasteiger partial charge in [0, 0.05) is 5.02 Å². The van der Waals surface area contributed by atoms with Gasteiger partial charge in [0.2, 0.25) is 0 Å². The van der Waals surface area contributed by atoms with Crippen molar-refractivity contribution in [3.63, 3.8) is 0 Å². The lowest BCUT2D eigenvalue weighted by molar-refractivity contribution is 0.561. The summed E-state index contributed by atoms with van der Waals surface area (Å²) in [5.41, 5.74) is 0.846. The second kappa shape index (κ2) is 5.95. The standard InChI is InChI=1S/C13H15ClN4OS/c1-13(2,3)20(19)16-8-12-15-9-18(17-12)11-6-4-10(14)5-7-11/h4-9H,1-3H3/b16-8+/t20-/m0/s1. The Balaban J connectivity index is 2.13. The molecule has 1 aromatic carbocycles. The van der Waals surface area contributed by atoms with Gasteiger partial charge < -0.3 is 4.55 Å². The fraction of sp³-hybridized carbons (Fsp3) is 0.308. The molecule has 0 bridgehead atoms. The van der Waals surface area contributed by atoms with Gasteiger partial charge in [-0.05, 0) is 45.0 Å². The Kier molecular flexibility index (Phi) is 4.47. The van der Waals surface area contributed by atoms with Crippen LogP contribution in [0, 0.1) is 0 Å². The van der Waals surface area contributed by atoms with Crippen molar-refractivity contribution < 1.29 is 4.55 Å². The minimum Gasteiger partial charge on any atom is -0.591 e. The molecule has 0 fully saturated rings. The molecule has 1 heterocycles. The summed E-state index contributed by atoms with van der Waals surface area (Å²) in [6.45, 7) is 5.58. The Hall–Kier alpha value is -1.37. The van der Waals surface area contributed by atoms with Crippen LogP contribution in [0.25, 0.3) is 5.69 Å². The highest BCUT2D eigenvalue weighted by Crippen LogP contribution is 2.16. The normalized spacial score (nSPS) is 13.8. The lowest BCUT2D eigenvalue weighted by Crippen LogP contribution is -2.25. The second-order valence-electron chi connectivity index (χ2n) is 5.12. The highest BCUT2D eigenvalue weighted by atomic mass is 35.5.